The number of halogens is 1. The average molecular weight is 431 g/mol. The van der Waals surface area contributed by atoms with E-state index >= 15 is 0 Å². The number of amides is 1. The van der Waals surface area contributed by atoms with Gasteiger partial charge in [0, 0.05) is 17.4 Å². The summed E-state index contributed by atoms with van der Waals surface area (Å²) in [6.07, 6.45) is 1.78. The second-order valence-corrected chi connectivity index (χ2v) is 7.15. The standard InChI is InChI=1S/C25H22FN3O3/c1-16-9-11-18(26)14-21(16)27-25(30)24-20(15-29(28-24)19-7-5-4-6-8-19)17-10-12-22(31-2)23(13-17)32-3/h4-15H,1-3H3,(H,27,30). The predicted molar refractivity (Wildman–Crippen MR) is 121 cm³/mol. The van der Waals surface area contributed by atoms with E-state index in [-0.39, 0.29) is 5.69 Å². The number of carbonyl (C=O) groups is 1. The molecule has 0 atom stereocenters. The van der Waals surface area contributed by atoms with Gasteiger partial charge in [-0.1, -0.05) is 30.3 Å². The summed E-state index contributed by atoms with van der Waals surface area (Å²) in [5.74, 6) is 0.233. The fourth-order valence-electron chi connectivity index (χ4n) is 3.38. The second-order valence-electron chi connectivity index (χ2n) is 7.15. The van der Waals surface area contributed by atoms with E-state index in [0.29, 0.717) is 22.7 Å². The Kier molecular flexibility index (Phi) is 5.89. The number of aryl methyl sites for hydroxylation is 1. The van der Waals surface area contributed by atoms with Crippen LogP contribution in [0.5, 0.6) is 11.5 Å². The highest BCUT2D eigenvalue weighted by Gasteiger charge is 2.21. The highest BCUT2D eigenvalue weighted by Crippen LogP contribution is 2.34. The number of ether oxygens (including phenoxy) is 2. The van der Waals surface area contributed by atoms with Gasteiger partial charge in [0.25, 0.3) is 5.91 Å². The van der Waals surface area contributed by atoms with Crippen molar-refractivity contribution in [3.8, 4) is 28.3 Å². The third kappa shape index (κ3) is 4.18. The molecule has 0 saturated heterocycles. The zero-order valence-electron chi connectivity index (χ0n) is 17.9. The SMILES string of the molecule is COc1ccc(-c2cn(-c3ccccc3)nc2C(=O)Nc2cc(F)ccc2C)cc1OC. The van der Waals surface area contributed by atoms with Gasteiger partial charge >= 0.3 is 0 Å². The van der Waals surface area contributed by atoms with Gasteiger partial charge in [0.2, 0.25) is 0 Å². The lowest BCUT2D eigenvalue weighted by atomic mass is 10.0. The summed E-state index contributed by atoms with van der Waals surface area (Å²) in [6.45, 7) is 1.80. The van der Waals surface area contributed by atoms with Gasteiger partial charge in [0.15, 0.2) is 17.2 Å². The van der Waals surface area contributed by atoms with Crippen LogP contribution in [0.25, 0.3) is 16.8 Å². The molecular formula is C25H22FN3O3. The minimum atomic E-state index is -0.446. The highest BCUT2D eigenvalue weighted by molar-refractivity contribution is 6.07. The highest BCUT2D eigenvalue weighted by atomic mass is 19.1. The third-order valence-corrected chi connectivity index (χ3v) is 5.09. The number of para-hydroxylation sites is 1. The van der Waals surface area contributed by atoms with Crippen LogP contribution in [0, 0.1) is 12.7 Å². The monoisotopic (exact) mass is 431 g/mol. The molecule has 0 radical (unpaired) electrons. The molecule has 162 valence electrons. The van der Waals surface area contributed by atoms with E-state index in [0.717, 1.165) is 16.8 Å². The van der Waals surface area contributed by atoms with Crippen LogP contribution in [0.3, 0.4) is 0 Å². The van der Waals surface area contributed by atoms with Gasteiger partial charge in [-0.15, -0.1) is 0 Å². The van der Waals surface area contributed by atoms with Crippen molar-refractivity contribution in [2.75, 3.05) is 19.5 Å². The summed E-state index contributed by atoms with van der Waals surface area (Å²) >= 11 is 0. The molecule has 1 amide bonds. The molecule has 0 saturated carbocycles. The maximum Gasteiger partial charge on any atom is 0.276 e. The van der Waals surface area contributed by atoms with Crippen LogP contribution in [0.4, 0.5) is 10.1 Å². The van der Waals surface area contributed by atoms with Crippen molar-refractivity contribution in [2.24, 2.45) is 0 Å². The lowest BCUT2D eigenvalue weighted by Crippen LogP contribution is -2.15. The van der Waals surface area contributed by atoms with Crippen molar-refractivity contribution in [3.63, 3.8) is 0 Å². The molecule has 0 aliphatic heterocycles. The van der Waals surface area contributed by atoms with Gasteiger partial charge in [-0.25, -0.2) is 9.07 Å². The molecule has 1 heterocycles. The molecule has 0 bridgehead atoms. The Labute approximate surface area is 185 Å². The smallest absolute Gasteiger partial charge is 0.276 e. The summed E-state index contributed by atoms with van der Waals surface area (Å²) in [7, 11) is 3.11. The summed E-state index contributed by atoms with van der Waals surface area (Å²) in [5, 5.41) is 7.32. The van der Waals surface area contributed by atoms with Gasteiger partial charge in [-0.05, 0) is 54.4 Å². The van der Waals surface area contributed by atoms with Crippen LogP contribution in [-0.2, 0) is 0 Å². The Morgan fingerprint density at radius 1 is 0.969 bits per heavy atom. The zero-order valence-corrected chi connectivity index (χ0v) is 17.9. The average Bonchev–Trinajstić information content (AvgIpc) is 3.27. The van der Waals surface area contributed by atoms with Crippen molar-refractivity contribution < 1.29 is 18.7 Å². The van der Waals surface area contributed by atoms with E-state index in [9.17, 15) is 9.18 Å². The summed E-state index contributed by atoms with van der Waals surface area (Å²) in [4.78, 5) is 13.2. The Hall–Kier alpha value is -4.13. The molecular weight excluding hydrogens is 409 g/mol. The molecule has 1 N–H and O–H groups in total. The lowest BCUT2D eigenvalue weighted by molar-refractivity contribution is 0.102. The molecule has 7 heteroatoms. The largest absolute Gasteiger partial charge is 0.493 e. The molecule has 0 spiro atoms. The number of anilines is 1. The van der Waals surface area contributed by atoms with Crippen molar-refractivity contribution >= 4 is 11.6 Å². The first-order chi connectivity index (χ1) is 15.5. The molecule has 3 aromatic carbocycles. The zero-order chi connectivity index (χ0) is 22.7. The first kappa shape index (κ1) is 21.1. The van der Waals surface area contributed by atoms with E-state index < -0.39 is 11.7 Å². The maximum atomic E-state index is 13.7. The Bertz CT molecular complexity index is 1270. The van der Waals surface area contributed by atoms with E-state index in [1.165, 1.54) is 12.1 Å². The second kappa shape index (κ2) is 8.93. The number of rotatable bonds is 6. The molecule has 0 fully saturated rings. The van der Waals surface area contributed by atoms with Crippen molar-refractivity contribution in [3.05, 3.63) is 90.0 Å². The van der Waals surface area contributed by atoms with E-state index in [1.807, 2.05) is 36.4 Å². The molecule has 0 aliphatic carbocycles. The Morgan fingerprint density at radius 3 is 2.44 bits per heavy atom. The molecule has 32 heavy (non-hydrogen) atoms. The van der Waals surface area contributed by atoms with Crippen LogP contribution in [0.2, 0.25) is 0 Å². The molecule has 4 rings (SSSR count). The molecule has 0 aliphatic rings. The van der Waals surface area contributed by atoms with Crippen molar-refractivity contribution in [2.45, 2.75) is 6.92 Å². The normalized spacial score (nSPS) is 10.6. The van der Waals surface area contributed by atoms with Gasteiger partial charge in [0.05, 0.1) is 19.9 Å². The number of nitrogens with zero attached hydrogens (tertiary/aromatic N) is 2. The topological polar surface area (TPSA) is 65.4 Å². The van der Waals surface area contributed by atoms with Crippen LogP contribution in [0.15, 0.2) is 72.9 Å². The third-order valence-electron chi connectivity index (χ3n) is 5.09. The molecule has 6 nitrogen and oxygen atoms in total. The number of aromatic nitrogens is 2. The minimum absolute atomic E-state index is 0.199. The van der Waals surface area contributed by atoms with Crippen molar-refractivity contribution in [1.29, 1.82) is 0 Å². The van der Waals surface area contributed by atoms with Gasteiger partial charge in [0.1, 0.15) is 5.82 Å². The molecule has 0 unspecified atom stereocenters. The number of benzene rings is 3. The first-order valence-corrected chi connectivity index (χ1v) is 9.95. The first-order valence-electron chi connectivity index (χ1n) is 9.95. The van der Waals surface area contributed by atoms with Gasteiger partial charge in [-0.2, -0.15) is 5.10 Å². The number of methoxy groups -OCH3 is 2. The summed E-state index contributed by atoms with van der Waals surface area (Å²) in [5.41, 5.74) is 3.46. The Balaban J connectivity index is 1.81. The minimum Gasteiger partial charge on any atom is -0.493 e. The van der Waals surface area contributed by atoms with E-state index in [2.05, 4.69) is 10.4 Å². The number of hydrogen-bond acceptors (Lipinski definition) is 4. The van der Waals surface area contributed by atoms with E-state index in [4.69, 9.17) is 9.47 Å². The van der Waals surface area contributed by atoms with E-state index in [1.54, 1.807) is 50.2 Å². The lowest BCUT2D eigenvalue weighted by Gasteiger charge is -2.10. The fraction of sp³-hybridized carbons (Fsp3) is 0.120. The van der Waals surface area contributed by atoms with Gasteiger partial charge < -0.3 is 14.8 Å². The van der Waals surface area contributed by atoms with Crippen molar-refractivity contribution in [1.82, 2.24) is 9.78 Å². The van der Waals surface area contributed by atoms with Crippen LogP contribution in [-0.4, -0.2) is 29.9 Å². The number of nitrogens with one attached hydrogen (secondary N) is 1. The molecule has 1 aromatic heterocycles. The van der Waals surface area contributed by atoms with Crippen LogP contribution < -0.4 is 14.8 Å². The van der Waals surface area contributed by atoms with Crippen LogP contribution >= 0.6 is 0 Å². The summed E-state index contributed by atoms with van der Waals surface area (Å²) in [6, 6.07) is 19.1. The maximum absolute atomic E-state index is 13.7. The molecule has 4 aromatic rings. The number of hydrogen-bond donors (Lipinski definition) is 1. The predicted octanol–water partition coefficient (Wildman–Crippen LogP) is 5.26. The quantitative estimate of drug-likeness (QED) is 0.453. The summed E-state index contributed by atoms with van der Waals surface area (Å²) < 4.78 is 26.1. The Morgan fingerprint density at radius 2 is 1.72 bits per heavy atom. The van der Waals surface area contributed by atoms with Gasteiger partial charge in [-0.3, -0.25) is 4.79 Å². The number of carbonyl (C=O) groups excluding carboxylic acids is 1. The fourth-order valence-corrected chi connectivity index (χ4v) is 3.38. The van der Waals surface area contributed by atoms with Crippen LogP contribution in [0.1, 0.15) is 16.1 Å².